The molecule has 19 heavy (non-hydrogen) atoms. The van der Waals surface area contributed by atoms with Gasteiger partial charge in [0.05, 0.1) is 0 Å². The molecule has 1 N–H and O–H groups in total. The third kappa shape index (κ3) is 3.90. The van der Waals surface area contributed by atoms with Crippen molar-refractivity contribution in [1.82, 2.24) is 8.61 Å². The zero-order chi connectivity index (χ0) is 13.7. The minimum atomic E-state index is -3.31. The van der Waals surface area contributed by atoms with Crippen molar-refractivity contribution in [2.24, 2.45) is 5.92 Å². The highest BCUT2D eigenvalue weighted by Crippen LogP contribution is 2.22. The monoisotopic (exact) mass is 290 g/mol. The molecule has 6 heteroatoms. The third-order valence-corrected chi connectivity index (χ3v) is 6.21. The van der Waals surface area contributed by atoms with E-state index >= 15 is 0 Å². The van der Waals surface area contributed by atoms with E-state index in [2.05, 4.69) is 0 Å². The number of aliphatic hydroxyl groups is 1. The van der Waals surface area contributed by atoms with Crippen molar-refractivity contribution >= 4 is 10.2 Å². The maximum absolute atomic E-state index is 12.6. The predicted octanol–water partition coefficient (Wildman–Crippen LogP) is 1.20. The van der Waals surface area contributed by atoms with Crippen molar-refractivity contribution in [3.8, 4) is 0 Å². The van der Waals surface area contributed by atoms with E-state index in [1.165, 1.54) is 6.42 Å². The molecule has 2 fully saturated rings. The first-order valence-corrected chi connectivity index (χ1v) is 8.90. The molecule has 2 saturated heterocycles. The second-order valence-electron chi connectivity index (χ2n) is 5.72. The number of piperidine rings is 1. The number of hydrogen-bond acceptors (Lipinski definition) is 3. The lowest BCUT2D eigenvalue weighted by molar-refractivity contribution is 0.160. The van der Waals surface area contributed by atoms with E-state index in [1.807, 2.05) is 0 Å². The lowest BCUT2D eigenvalue weighted by Gasteiger charge is -2.35. The zero-order valence-electron chi connectivity index (χ0n) is 11.6. The number of rotatable bonds is 3. The second-order valence-corrected chi connectivity index (χ2v) is 7.65. The van der Waals surface area contributed by atoms with Gasteiger partial charge in [0.2, 0.25) is 0 Å². The molecule has 2 aliphatic rings. The zero-order valence-corrected chi connectivity index (χ0v) is 12.4. The van der Waals surface area contributed by atoms with Gasteiger partial charge in [-0.1, -0.05) is 19.3 Å². The summed E-state index contributed by atoms with van der Waals surface area (Å²) in [5.74, 6) is 0.110. The van der Waals surface area contributed by atoms with Gasteiger partial charge in [-0.15, -0.1) is 0 Å². The molecule has 0 aromatic carbocycles. The lowest BCUT2D eigenvalue weighted by Crippen LogP contribution is -2.49. The number of aliphatic hydroxyl groups excluding tert-OH is 1. The minimum Gasteiger partial charge on any atom is -0.396 e. The van der Waals surface area contributed by atoms with Crippen molar-refractivity contribution in [3.63, 3.8) is 0 Å². The van der Waals surface area contributed by atoms with E-state index < -0.39 is 10.2 Å². The lowest BCUT2D eigenvalue weighted by atomic mass is 10.0. The van der Waals surface area contributed by atoms with E-state index in [-0.39, 0.29) is 12.5 Å². The van der Waals surface area contributed by atoms with Crippen LogP contribution in [0.3, 0.4) is 0 Å². The van der Waals surface area contributed by atoms with Gasteiger partial charge in [-0.2, -0.15) is 17.0 Å². The molecule has 1 atom stereocenters. The van der Waals surface area contributed by atoms with Crippen LogP contribution in [-0.2, 0) is 10.2 Å². The Kier molecular flexibility index (Phi) is 5.62. The minimum absolute atomic E-state index is 0.0893. The van der Waals surface area contributed by atoms with E-state index in [0.29, 0.717) is 26.2 Å². The van der Waals surface area contributed by atoms with Crippen LogP contribution in [0.4, 0.5) is 0 Å². The van der Waals surface area contributed by atoms with Gasteiger partial charge in [0.15, 0.2) is 0 Å². The highest BCUT2D eigenvalue weighted by molar-refractivity contribution is 7.86. The Bertz CT molecular complexity index is 356. The molecule has 112 valence electrons. The van der Waals surface area contributed by atoms with Crippen molar-refractivity contribution in [3.05, 3.63) is 0 Å². The number of hydrogen-bond donors (Lipinski definition) is 1. The Labute approximate surface area is 116 Å². The van der Waals surface area contributed by atoms with Crippen molar-refractivity contribution in [1.29, 1.82) is 0 Å². The van der Waals surface area contributed by atoms with Crippen LogP contribution in [0.5, 0.6) is 0 Å². The highest BCUT2D eigenvalue weighted by atomic mass is 32.2. The molecule has 0 radical (unpaired) electrons. The van der Waals surface area contributed by atoms with Crippen LogP contribution in [-0.4, -0.2) is 54.9 Å². The average Bonchev–Trinajstić information content (AvgIpc) is 2.38. The Balaban J connectivity index is 2.02. The van der Waals surface area contributed by atoms with Crippen LogP contribution in [0.15, 0.2) is 0 Å². The Morgan fingerprint density at radius 1 is 0.895 bits per heavy atom. The molecule has 0 amide bonds. The summed E-state index contributed by atoms with van der Waals surface area (Å²) in [7, 11) is -3.31. The van der Waals surface area contributed by atoms with Gasteiger partial charge in [-0.3, -0.25) is 0 Å². The summed E-state index contributed by atoms with van der Waals surface area (Å²) >= 11 is 0. The Morgan fingerprint density at radius 2 is 1.47 bits per heavy atom. The summed E-state index contributed by atoms with van der Waals surface area (Å²) in [6.07, 6.45) is 7.22. The molecule has 0 bridgehead atoms. The molecular formula is C13H26N2O3S. The van der Waals surface area contributed by atoms with Gasteiger partial charge >= 0.3 is 0 Å². The molecule has 0 aromatic heterocycles. The summed E-state index contributed by atoms with van der Waals surface area (Å²) in [4.78, 5) is 0. The maximum atomic E-state index is 12.6. The van der Waals surface area contributed by atoms with Crippen LogP contribution < -0.4 is 0 Å². The first-order chi connectivity index (χ1) is 9.14. The molecule has 0 aromatic rings. The maximum Gasteiger partial charge on any atom is 0.281 e. The van der Waals surface area contributed by atoms with E-state index in [1.54, 1.807) is 8.61 Å². The quantitative estimate of drug-likeness (QED) is 0.849. The smallest absolute Gasteiger partial charge is 0.281 e. The van der Waals surface area contributed by atoms with Gasteiger partial charge in [0.25, 0.3) is 10.2 Å². The fraction of sp³-hybridized carbons (Fsp3) is 1.00. The van der Waals surface area contributed by atoms with Crippen molar-refractivity contribution in [2.45, 2.75) is 44.9 Å². The summed E-state index contributed by atoms with van der Waals surface area (Å²) in [5, 5.41) is 9.23. The first-order valence-electron chi connectivity index (χ1n) is 7.50. The van der Waals surface area contributed by atoms with Gasteiger partial charge in [-0.25, -0.2) is 0 Å². The van der Waals surface area contributed by atoms with E-state index in [0.717, 1.165) is 38.5 Å². The van der Waals surface area contributed by atoms with Gasteiger partial charge in [0.1, 0.15) is 0 Å². The van der Waals surface area contributed by atoms with Crippen LogP contribution in [0.25, 0.3) is 0 Å². The molecule has 0 spiro atoms. The molecule has 2 rings (SSSR count). The van der Waals surface area contributed by atoms with Crippen molar-refractivity contribution < 1.29 is 13.5 Å². The molecule has 1 unspecified atom stereocenters. The first kappa shape index (κ1) is 15.2. The van der Waals surface area contributed by atoms with E-state index in [9.17, 15) is 13.5 Å². The van der Waals surface area contributed by atoms with Gasteiger partial charge in [0, 0.05) is 32.8 Å². The Hall–Kier alpha value is -0.170. The van der Waals surface area contributed by atoms with Gasteiger partial charge in [-0.05, 0) is 31.6 Å². The topological polar surface area (TPSA) is 60.9 Å². The number of nitrogens with zero attached hydrogens (tertiary/aromatic N) is 2. The normalized spacial score (nSPS) is 28.8. The van der Waals surface area contributed by atoms with Crippen LogP contribution in [0.1, 0.15) is 44.9 Å². The largest absolute Gasteiger partial charge is 0.396 e. The highest BCUT2D eigenvalue weighted by Gasteiger charge is 2.33. The summed E-state index contributed by atoms with van der Waals surface area (Å²) < 4.78 is 28.5. The molecular weight excluding hydrogens is 264 g/mol. The van der Waals surface area contributed by atoms with E-state index in [4.69, 9.17) is 0 Å². The predicted molar refractivity (Wildman–Crippen MR) is 75.0 cm³/mol. The summed E-state index contributed by atoms with van der Waals surface area (Å²) in [6, 6.07) is 0. The molecule has 2 aliphatic heterocycles. The molecule has 2 heterocycles. The van der Waals surface area contributed by atoms with Gasteiger partial charge < -0.3 is 5.11 Å². The Morgan fingerprint density at radius 3 is 2.11 bits per heavy atom. The summed E-state index contributed by atoms with van der Waals surface area (Å²) in [6.45, 7) is 2.49. The SMILES string of the molecule is O=S(=O)(N1CCCCCCC1)N1CCCC(CO)C1. The second kappa shape index (κ2) is 7.02. The van der Waals surface area contributed by atoms with Crippen LogP contribution in [0.2, 0.25) is 0 Å². The fourth-order valence-electron chi connectivity index (χ4n) is 3.00. The van der Waals surface area contributed by atoms with Crippen LogP contribution >= 0.6 is 0 Å². The average molecular weight is 290 g/mol. The third-order valence-electron chi connectivity index (χ3n) is 4.21. The standard InChI is InChI=1S/C13H26N2O3S/c16-12-13-7-6-10-15(11-13)19(17,18)14-8-4-2-1-3-5-9-14/h13,16H,1-12H2. The summed E-state index contributed by atoms with van der Waals surface area (Å²) in [5.41, 5.74) is 0. The molecule has 0 saturated carbocycles. The van der Waals surface area contributed by atoms with Crippen LogP contribution in [0, 0.1) is 5.92 Å². The molecule has 0 aliphatic carbocycles. The van der Waals surface area contributed by atoms with Crippen molar-refractivity contribution in [2.75, 3.05) is 32.8 Å². The fourth-order valence-corrected chi connectivity index (χ4v) is 4.80. The molecule has 5 nitrogen and oxygen atoms in total.